The Kier molecular flexibility index (Phi) is 10.4. The van der Waals surface area contributed by atoms with Gasteiger partial charge in [0.15, 0.2) is 0 Å². The van der Waals surface area contributed by atoms with Crippen LogP contribution in [-0.2, 0) is 9.59 Å². The maximum Gasteiger partial charge on any atom is 0.285 e. The number of carbonyl (C=O) groups excluding carboxylic acids is 2. The van der Waals surface area contributed by atoms with Crippen LogP contribution in [0.3, 0.4) is 0 Å². The van der Waals surface area contributed by atoms with Crippen LogP contribution in [0, 0.1) is 20.2 Å². The van der Waals surface area contributed by atoms with E-state index >= 15 is 0 Å². The summed E-state index contributed by atoms with van der Waals surface area (Å²) >= 11 is 14.8. The second-order valence-corrected chi connectivity index (χ2v) is 13.2. The first-order valence-electron chi connectivity index (χ1n) is 12.1. The van der Waals surface area contributed by atoms with Crippen molar-refractivity contribution in [3.8, 4) is 22.3 Å². The monoisotopic (exact) mass is 854 g/mol. The lowest BCUT2D eigenvalue weighted by atomic mass is 10.0. The lowest BCUT2D eigenvalue weighted by Gasteiger charge is -2.18. The molecule has 0 spiro atoms. The van der Waals surface area contributed by atoms with Crippen molar-refractivity contribution >= 4 is 110 Å². The van der Waals surface area contributed by atoms with Crippen LogP contribution in [0.1, 0.15) is 13.8 Å². The molecule has 0 radical (unpaired) electrons. The molecule has 0 saturated carbocycles. The Labute approximate surface area is 282 Å². The van der Waals surface area contributed by atoms with E-state index < -0.39 is 9.85 Å². The van der Waals surface area contributed by atoms with Gasteiger partial charge in [-0.1, -0.05) is 48.2 Å². The summed E-state index contributed by atoms with van der Waals surface area (Å²) in [4.78, 5) is 47.4. The molecule has 0 aliphatic heterocycles. The van der Waals surface area contributed by atoms with E-state index in [2.05, 4.69) is 74.4 Å². The third kappa shape index (κ3) is 7.01. The molecule has 0 unspecified atom stereocenters. The first-order valence-corrected chi connectivity index (χ1v) is 16.0. The summed E-state index contributed by atoms with van der Waals surface area (Å²) in [7, 11) is 0. The summed E-state index contributed by atoms with van der Waals surface area (Å²) < 4.78 is 1.28. The minimum Gasteiger partial charge on any atom is -0.326 e. The van der Waals surface area contributed by atoms with Crippen LogP contribution in [0.5, 0.6) is 0 Å². The van der Waals surface area contributed by atoms with Gasteiger partial charge in [-0.05, 0) is 75.9 Å². The van der Waals surface area contributed by atoms with Crippen molar-refractivity contribution in [2.24, 2.45) is 0 Å². The number of nitrogens with one attached hydrogen (secondary N) is 2. The second-order valence-electron chi connectivity index (χ2n) is 8.86. The summed E-state index contributed by atoms with van der Waals surface area (Å²) in [5.74, 6) is -0.615. The van der Waals surface area contributed by atoms with Crippen molar-refractivity contribution < 1.29 is 19.4 Å². The zero-order valence-corrected chi connectivity index (χ0v) is 29.2. The molecule has 0 aromatic heterocycles. The number of nitro groups is 2. The molecule has 0 saturated heterocycles. The minimum absolute atomic E-state index is 0.0908. The quantitative estimate of drug-likeness (QED) is 0.133. The highest BCUT2D eigenvalue weighted by molar-refractivity contribution is 9.11. The van der Waals surface area contributed by atoms with Gasteiger partial charge in [0.2, 0.25) is 11.8 Å². The number of para-hydroxylation sites is 2. The van der Waals surface area contributed by atoms with Crippen LogP contribution < -0.4 is 10.6 Å². The van der Waals surface area contributed by atoms with E-state index in [4.69, 9.17) is 0 Å². The molecular weight excluding hydrogens is 840 g/mol. The summed E-state index contributed by atoms with van der Waals surface area (Å²) in [6.45, 7) is 2.73. The Balaban J connectivity index is 2.02. The Morgan fingerprint density at radius 3 is 1.35 bits per heavy atom. The Morgan fingerprint density at radius 1 is 0.674 bits per heavy atom. The molecule has 0 atom stereocenters. The molecule has 0 aliphatic carbocycles. The van der Waals surface area contributed by atoms with Crippen LogP contribution in [0.15, 0.2) is 88.3 Å². The number of halogens is 4. The van der Waals surface area contributed by atoms with Crippen molar-refractivity contribution in [2.75, 3.05) is 10.6 Å². The van der Waals surface area contributed by atoms with Gasteiger partial charge in [0, 0.05) is 77.5 Å². The standard InChI is InChI=1S/C28H18Br4N4O6S/c1-13(37)33-19-9-5-3-7-15(19)23-17(29)11-21(35(39)40)27(25(23)31)43-28-22(36(41)42)12-18(30)24(26(28)32)16-8-4-6-10-20(16)34-14(2)38/h3-12H,1-2H3,(H,33,37)(H,34,38). The van der Waals surface area contributed by atoms with E-state index in [1.165, 1.54) is 26.0 Å². The summed E-state index contributed by atoms with van der Waals surface area (Å²) in [5, 5.41) is 30.1. The largest absolute Gasteiger partial charge is 0.326 e. The normalized spacial score (nSPS) is 10.7. The first kappa shape index (κ1) is 32.8. The molecule has 15 heteroatoms. The number of nitro benzene ring substituents is 2. The zero-order valence-electron chi connectivity index (χ0n) is 22.0. The Bertz CT molecular complexity index is 1700. The van der Waals surface area contributed by atoms with Crippen molar-refractivity contribution in [2.45, 2.75) is 23.6 Å². The van der Waals surface area contributed by atoms with E-state index in [1.54, 1.807) is 48.5 Å². The number of amides is 2. The predicted molar refractivity (Wildman–Crippen MR) is 181 cm³/mol. The molecule has 2 amide bonds. The van der Waals surface area contributed by atoms with E-state index in [1.807, 2.05) is 0 Å². The van der Waals surface area contributed by atoms with Gasteiger partial charge in [0.25, 0.3) is 11.4 Å². The molecule has 0 bridgehead atoms. The van der Waals surface area contributed by atoms with Gasteiger partial charge < -0.3 is 10.6 Å². The summed E-state index contributed by atoms with van der Waals surface area (Å²) in [6, 6.07) is 16.5. The number of benzene rings is 4. The Hall–Kier alpha value is -3.11. The van der Waals surface area contributed by atoms with Crippen LogP contribution in [-0.4, -0.2) is 21.7 Å². The fraction of sp³-hybridized carbons (Fsp3) is 0.0714. The maximum atomic E-state index is 12.3. The van der Waals surface area contributed by atoms with Crippen molar-refractivity contribution in [1.82, 2.24) is 0 Å². The molecule has 0 fully saturated rings. The highest BCUT2D eigenvalue weighted by Gasteiger charge is 2.31. The van der Waals surface area contributed by atoms with Gasteiger partial charge >= 0.3 is 0 Å². The van der Waals surface area contributed by atoms with Gasteiger partial charge in [-0.2, -0.15) is 0 Å². The van der Waals surface area contributed by atoms with Gasteiger partial charge in [-0.3, -0.25) is 29.8 Å². The molecule has 4 aromatic rings. The number of hydrogen-bond donors (Lipinski definition) is 2. The highest BCUT2D eigenvalue weighted by Crippen LogP contribution is 2.54. The first-order chi connectivity index (χ1) is 20.3. The number of anilines is 2. The summed E-state index contributed by atoms with van der Waals surface area (Å²) in [6.07, 6.45) is 0. The molecule has 2 N–H and O–H groups in total. The molecule has 0 heterocycles. The molecule has 220 valence electrons. The lowest BCUT2D eigenvalue weighted by Crippen LogP contribution is -2.07. The van der Waals surface area contributed by atoms with E-state index in [0.717, 1.165) is 11.8 Å². The van der Waals surface area contributed by atoms with Crippen molar-refractivity contribution in [3.63, 3.8) is 0 Å². The van der Waals surface area contributed by atoms with E-state index in [-0.39, 0.29) is 41.9 Å². The Morgan fingerprint density at radius 2 is 1.02 bits per heavy atom. The minimum atomic E-state index is -0.576. The average molecular weight is 858 g/mol. The van der Waals surface area contributed by atoms with E-state index in [9.17, 15) is 29.8 Å². The molecule has 0 aliphatic rings. The van der Waals surface area contributed by atoms with Gasteiger partial charge in [0.1, 0.15) is 9.79 Å². The second kappa shape index (κ2) is 13.7. The third-order valence-electron chi connectivity index (χ3n) is 5.92. The smallest absolute Gasteiger partial charge is 0.285 e. The SMILES string of the molecule is CC(=O)Nc1ccccc1-c1c(Br)cc([N+](=O)[O-])c(Sc2c([N+](=O)[O-])cc(Br)c(-c3ccccc3NC(C)=O)c2Br)c1Br. The zero-order chi connectivity index (χ0) is 31.6. The van der Waals surface area contributed by atoms with E-state index in [0.29, 0.717) is 42.6 Å². The highest BCUT2D eigenvalue weighted by atomic mass is 79.9. The fourth-order valence-electron chi connectivity index (χ4n) is 4.24. The van der Waals surface area contributed by atoms with Crippen LogP contribution in [0.25, 0.3) is 22.3 Å². The van der Waals surface area contributed by atoms with Gasteiger partial charge in [0.05, 0.1) is 9.85 Å². The number of carbonyl (C=O) groups is 2. The van der Waals surface area contributed by atoms with Crippen molar-refractivity contribution in [3.05, 3.63) is 98.8 Å². The number of rotatable bonds is 8. The molecule has 10 nitrogen and oxygen atoms in total. The van der Waals surface area contributed by atoms with Crippen molar-refractivity contribution in [1.29, 1.82) is 0 Å². The fourth-order valence-corrected chi connectivity index (χ4v) is 8.84. The summed E-state index contributed by atoms with van der Waals surface area (Å²) in [5.41, 5.74) is 2.41. The number of nitrogens with zero attached hydrogens (tertiary/aromatic N) is 2. The maximum absolute atomic E-state index is 12.3. The third-order valence-corrected chi connectivity index (χ3v) is 10.5. The average Bonchev–Trinajstić information content (AvgIpc) is 2.92. The molecular formula is C28H18Br4N4O6S. The lowest BCUT2D eigenvalue weighted by molar-refractivity contribution is -0.388. The van der Waals surface area contributed by atoms with Crippen LogP contribution in [0.4, 0.5) is 22.7 Å². The van der Waals surface area contributed by atoms with Crippen LogP contribution in [0.2, 0.25) is 0 Å². The topological polar surface area (TPSA) is 144 Å². The molecule has 4 rings (SSSR count). The number of hydrogen-bond acceptors (Lipinski definition) is 7. The molecule has 4 aromatic carbocycles. The van der Waals surface area contributed by atoms with Crippen LogP contribution >= 0.6 is 75.5 Å². The predicted octanol–water partition coefficient (Wildman–Crippen LogP) is 9.95. The molecule has 43 heavy (non-hydrogen) atoms. The van der Waals surface area contributed by atoms with Gasteiger partial charge in [-0.25, -0.2) is 0 Å². The van der Waals surface area contributed by atoms with Gasteiger partial charge in [-0.15, -0.1) is 0 Å².